The Morgan fingerprint density at radius 3 is 2.66 bits per heavy atom. The molecule has 0 radical (unpaired) electrons. The number of ether oxygens (including phenoxy) is 3. The van der Waals surface area contributed by atoms with Crippen molar-refractivity contribution in [2.24, 2.45) is 5.73 Å². The fourth-order valence-electron chi connectivity index (χ4n) is 3.70. The molecule has 9 nitrogen and oxygen atoms in total. The molecule has 1 amide bonds. The van der Waals surface area contributed by atoms with Crippen LogP contribution >= 0.6 is 22.9 Å². The normalized spacial score (nSPS) is 11.9. The van der Waals surface area contributed by atoms with E-state index in [4.69, 9.17) is 36.7 Å². The van der Waals surface area contributed by atoms with Crippen molar-refractivity contribution in [2.75, 3.05) is 32.7 Å². The predicted octanol–water partition coefficient (Wildman–Crippen LogP) is 4.40. The number of amides is 1. The first-order valence-corrected chi connectivity index (χ1v) is 11.9. The number of nitrogens with zero attached hydrogens (tertiary/aromatic N) is 2. The number of hydrogen-bond acceptors (Lipinski definition) is 8. The summed E-state index contributed by atoms with van der Waals surface area (Å²) in [5, 5.41) is 13.3. The average molecular weight is 517 g/mol. The topological polar surface area (TPSA) is 121 Å². The monoisotopic (exact) mass is 516 g/mol. The summed E-state index contributed by atoms with van der Waals surface area (Å²) in [6.45, 7) is 2.18. The Labute approximate surface area is 211 Å². The highest BCUT2D eigenvalue weighted by Crippen LogP contribution is 2.39. The minimum Gasteiger partial charge on any atom is -0.493 e. The van der Waals surface area contributed by atoms with Gasteiger partial charge >= 0.3 is 0 Å². The number of halogens is 1. The molecule has 0 saturated carbocycles. The molecule has 0 spiro atoms. The fraction of sp³-hybridized carbons (Fsp3) is 0.250. The number of aliphatic hydroxyl groups excluding tert-OH is 1. The lowest BCUT2D eigenvalue weighted by Crippen LogP contribution is -2.12. The number of rotatable bonds is 10. The molecule has 0 aliphatic rings. The molecule has 35 heavy (non-hydrogen) atoms. The van der Waals surface area contributed by atoms with Crippen LogP contribution in [0.1, 0.15) is 28.3 Å². The maximum atomic E-state index is 12.2. The lowest BCUT2D eigenvalue weighted by molar-refractivity contribution is 0.0998. The molecule has 0 aliphatic heterocycles. The van der Waals surface area contributed by atoms with Crippen LogP contribution in [0.3, 0.4) is 0 Å². The van der Waals surface area contributed by atoms with E-state index >= 15 is 0 Å². The standard InChI is InChI=1S/C24H25ClN4O5S/c1-13(14-5-4-6-15(22(14)25)27-7-8-30)34-20-11-21(35-23(20)24(26)31)29-12-28-16-9-18(32-2)19(33-3)10-17(16)29/h4-6,9-13,27,30H,7-8H2,1-3H3,(H2,26,31). The largest absolute Gasteiger partial charge is 0.493 e. The highest BCUT2D eigenvalue weighted by atomic mass is 35.5. The number of aliphatic hydroxyl groups is 1. The number of aromatic nitrogens is 2. The third-order valence-electron chi connectivity index (χ3n) is 5.40. The Morgan fingerprint density at radius 2 is 1.97 bits per heavy atom. The second-order valence-corrected chi connectivity index (χ2v) is 8.98. The zero-order chi connectivity index (χ0) is 25.1. The molecule has 0 saturated heterocycles. The van der Waals surface area contributed by atoms with Gasteiger partial charge in [0.25, 0.3) is 5.91 Å². The van der Waals surface area contributed by atoms with E-state index in [1.54, 1.807) is 32.7 Å². The van der Waals surface area contributed by atoms with Gasteiger partial charge in [-0.1, -0.05) is 23.7 Å². The number of imidazole rings is 1. The number of fused-ring (bicyclic) bond motifs is 1. The molecule has 2 aromatic heterocycles. The van der Waals surface area contributed by atoms with Gasteiger partial charge in [0.15, 0.2) is 11.5 Å². The van der Waals surface area contributed by atoms with E-state index in [1.807, 2.05) is 35.8 Å². The number of methoxy groups -OCH3 is 2. The Hall–Kier alpha value is -3.47. The molecule has 1 unspecified atom stereocenters. The van der Waals surface area contributed by atoms with Gasteiger partial charge < -0.3 is 30.4 Å². The van der Waals surface area contributed by atoms with Crippen molar-refractivity contribution in [1.82, 2.24) is 9.55 Å². The van der Waals surface area contributed by atoms with Crippen LogP contribution in [-0.4, -0.2) is 47.9 Å². The number of carbonyl (C=O) groups excluding carboxylic acids is 1. The van der Waals surface area contributed by atoms with Gasteiger partial charge in [0.2, 0.25) is 0 Å². The molecule has 0 bridgehead atoms. The first-order valence-electron chi connectivity index (χ1n) is 10.7. The first kappa shape index (κ1) is 24.6. The molecule has 1 atom stereocenters. The van der Waals surface area contributed by atoms with E-state index in [9.17, 15) is 4.79 Å². The van der Waals surface area contributed by atoms with Crippen molar-refractivity contribution >= 4 is 45.6 Å². The molecule has 4 rings (SSSR count). The maximum absolute atomic E-state index is 12.2. The first-order chi connectivity index (χ1) is 16.9. The molecule has 11 heteroatoms. The minimum atomic E-state index is -0.600. The summed E-state index contributed by atoms with van der Waals surface area (Å²) >= 11 is 7.76. The lowest BCUT2D eigenvalue weighted by atomic mass is 10.1. The van der Waals surface area contributed by atoms with Crippen LogP contribution < -0.4 is 25.3 Å². The number of nitrogens with two attached hydrogens (primary N) is 1. The zero-order valence-corrected chi connectivity index (χ0v) is 20.9. The molecular weight excluding hydrogens is 492 g/mol. The van der Waals surface area contributed by atoms with Crippen LogP contribution in [0.5, 0.6) is 17.2 Å². The second-order valence-electron chi connectivity index (χ2n) is 7.57. The van der Waals surface area contributed by atoms with E-state index in [-0.39, 0.29) is 11.5 Å². The van der Waals surface area contributed by atoms with Crippen molar-refractivity contribution < 1.29 is 24.1 Å². The molecule has 2 heterocycles. The van der Waals surface area contributed by atoms with Crippen LogP contribution in [0.4, 0.5) is 5.69 Å². The Morgan fingerprint density at radius 1 is 1.23 bits per heavy atom. The van der Waals surface area contributed by atoms with Crippen molar-refractivity contribution in [2.45, 2.75) is 13.0 Å². The summed E-state index contributed by atoms with van der Waals surface area (Å²) in [7, 11) is 3.13. The minimum absolute atomic E-state index is 0.0200. The van der Waals surface area contributed by atoms with Crippen LogP contribution in [-0.2, 0) is 0 Å². The Balaban J connectivity index is 1.70. The summed E-state index contributed by atoms with van der Waals surface area (Å²) < 4.78 is 18.8. The van der Waals surface area contributed by atoms with Gasteiger partial charge in [0.1, 0.15) is 28.1 Å². The van der Waals surface area contributed by atoms with Crippen LogP contribution in [0.15, 0.2) is 42.7 Å². The number of anilines is 1. The SMILES string of the molecule is COc1cc2ncn(-c3cc(OC(C)c4cccc(NCCO)c4Cl)c(C(N)=O)s3)c2cc1OC. The van der Waals surface area contributed by atoms with Gasteiger partial charge in [0, 0.05) is 30.3 Å². The molecule has 4 aromatic rings. The van der Waals surface area contributed by atoms with Crippen LogP contribution in [0, 0.1) is 0 Å². The number of primary amides is 1. The molecule has 0 fully saturated rings. The van der Waals surface area contributed by atoms with E-state index in [0.29, 0.717) is 45.0 Å². The summed E-state index contributed by atoms with van der Waals surface area (Å²) in [6.07, 6.45) is 1.17. The molecule has 2 aromatic carbocycles. The fourth-order valence-corrected chi connectivity index (χ4v) is 4.97. The number of hydrogen-bond donors (Lipinski definition) is 3. The van der Waals surface area contributed by atoms with Crippen molar-refractivity contribution in [1.29, 1.82) is 0 Å². The predicted molar refractivity (Wildman–Crippen MR) is 137 cm³/mol. The average Bonchev–Trinajstić information content (AvgIpc) is 3.46. The highest BCUT2D eigenvalue weighted by molar-refractivity contribution is 7.16. The van der Waals surface area contributed by atoms with Gasteiger partial charge in [-0.15, -0.1) is 11.3 Å². The van der Waals surface area contributed by atoms with Crippen molar-refractivity contribution in [3.05, 3.63) is 58.2 Å². The van der Waals surface area contributed by atoms with Gasteiger partial charge in [0.05, 0.1) is 42.6 Å². The van der Waals surface area contributed by atoms with Gasteiger partial charge in [-0.3, -0.25) is 9.36 Å². The molecule has 184 valence electrons. The van der Waals surface area contributed by atoms with E-state index in [1.165, 1.54) is 11.3 Å². The van der Waals surface area contributed by atoms with Crippen molar-refractivity contribution in [3.63, 3.8) is 0 Å². The third-order valence-corrected chi connectivity index (χ3v) is 6.95. The van der Waals surface area contributed by atoms with Crippen LogP contribution in [0.2, 0.25) is 5.02 Å². The number of carbonyl (C=O) groups is 1. The molecular formula is C24H25ClN4O5S. The van der Waals surface area contributed by atoms with E-state index in [0.717, 1.165) is 11.1 Å². The lowest BCUT2D eigenvalue weighted by Gasteiger charge is -2.18. The molecule has 0 aliphatic carbocycles. The summed E-state index contributed by atoms with van der Waals surface area (Å²) in [6, 6.07) is 10.9. The highest BCUT2D eigenvalue weighted by Gasteiger charge is 2.22. The van der Waals surface area contributed by atoms with Gasteiger partial charge in [-0.05, 0) is 13.0 Å². The smallest absolute Gasteiger partial charge is 0.262 e. The van der Waals surface area contributed by atoms with Crippen LogP contribution in [0.25, 0.3) is 16.0 Å². The van der Waals surface area contributed by atoms with E-state index in [2.05, 4.69) is 10.3 Å². The van der Waals surface area contributed by atoms with Crippen molar-refractivity contribution in [3.8, 4) is 22.2 Å². The van der Waals surface area contributed by atoms with Gasteiger partial charge in [-0.25, -0.2) is 4.98 Å². The maximum Gasteiger partial charge on any atom is 0.262 e. The quantitative estimate of drug-likeness (QED) is 0.285. The van der Waals surface area contributed by atoms with E-state index < -0.39 is 12.0 Å². The van der Waals surface area contributed by atoms with Gasteiger partial charge in [-0.2, -0.15) is 0 Å². The second kappa shape index (κ2) is 10.4. The zero-order valence-electron chi connectivity index (χ0n) is 19.4. The third kappa shape index (κ3) is 4.86. The number of thiophene rings is 1. The summed E-state index contributed by atoms with van der Waals surface area (Å²) in [5.41, 5.74) is 8.55. The number of nitrogens with one attached hydrogen (secondary N) is 1. The Kier molecular flexibility index (Phi) is 7.34. The number of benzene rings is 2. The summed E-state index contributed by atoms with van der Waals surface area (Å²) in [4.78, 5) is 17.0. The molecule has 4 N–H and O–H groups in total. The Bertz CT molecular complexity index is 1370. The summed E-state index contributed by atoms with van der Waals surface area (Å²) in [5.74, 6) is 0.872.